The molecule has 0 amide bonds. The van der Waals surface area contributed by atoms with Gasteiger partial charge in [-0.25, -0.2) is 12.1 Å². The van der Waals surface area contributed by atoms with Crippen molar-refractivity contribution in [3.8, 4) is 0 Å². The van der Waals surface area contributed by atoms with Crippen LogP contribution in [0, 0.1) is 0 Å². The summed E-state index contributed by atoms with van der Waals surface area (Å²) in [7, 11) is 0. The maximum atomic E-state index is 4.66. The van der Waals surface area contributed by atoms with E-state index in [0.29, 0.717) is 5.25 Å². The molecule has 0 saturated carbocycles. The fraction of sp³-hybridized carbons (Fsp3) is 0.524. The molecule has 0 aliphatic rings. The maximum absolute atomic E-state index is 4.66. The van der Waals surface area contributed by atoms with Gasteiger partial charge in [0.15, 0.2) is 0 Å². The minimum atomic E-state index is 0. The predicted octanol–water partition coefficient (Wildman–Crippen LogP) is 7.31. The van der Waals surface area contributed by atoms with Crippen LogP contribution in [0.1, 0.15) is 75.5 Å². The molecule has 0 radical (unpaired) electrons. The van der Waals surface area contributed by atoms with Gasteiger partial charge in [0.2, 0.25) is 0 Å². The van der Waals surface area contributed by atoms with Gasteiger partial charge < -0.3 is 30.3 Å². The van der Waals surface area contributed by atoms with Gasteiger partial charge in [0.05, 0.1) is 0 Å². The Morgan fingerprint density at radius 1 is 0.783 bits per heavy atom. The van der Waals surface area contributed by atoms with Crippen LogP contribution in [-0.2, 0) is 17.1 Å². The monoisotopic (exact) mass is 372 g/mol. The van der Waals surface area contributed by atoms with E-state index in [4.69, 9.17) is 0 Å². The molecule has 0 spiro atoms. The zero-order valence-electron chi connectivity index (χ0n) is 14.4. The van der Waals surface area contributed by atoms with E-state index < -0.39 is 0 Å². The quantitative estimate of drug-likeness (QED) is 0.192. The van der Waals surface area contributed by atoms with Gasteiger partial charge in [0.25, 0.3) is 0 Å². The molecule has 2 aromatic rings. The first-order valence-electron chi connectivity index (χ1n) is 8.91. The molecular weight excluding hydrogens is 340 g/mol. The van der Waals surface area contributed by atoms with E-state index in [1.807, 2.05) is 30.3 Å². The predicted molar refractivity (Wildman–Crippen MR) is 103 cm³/mol. The van der Waals surface area contributed by atoms with E-state index in [9.17, 15) is 0 Å². The van der Waals surface area contributed by atoms with Crippen molar-refractivity contribution in [2.75, 3.05) is 0 Å². The molecule has 2 rings (SSSR count). The Morgan fingerprint density at radius 3 is 1.70 bits per heavy atom. The van der Waals surface area contributed by atoms with E-state index in [1.165, 1.54) is 63.4 Å². The van der Waals surface area contributed by atoms with Crippen molar-refractivity contribution < 1.29 is 17.1 Å². The topological polar surface area (TPSA) is 0 Å². The summed E-state index contributed by atoms with van der Waals surface area (Å²) in [5.74, 6) is 0. The number of thiol groups is 1. The maximum Gasteiger partial charge on any atom is 0 e. The van der Waals surface area contributed by atoms with Gasteiger partial charge in [-0.15, -0.1) is 5.56 Å². The molecule has 0 aliphatic heterocycles. The Kier molecular flexibility index (Phi) is 16.1. The van der Waals surface area contributed by atoms with Gasteiger partial charge in [-0.2, -0.15) is 24.8 Å². The summed E-state index contributed by atoms with van der Waals surface area (Å²) < 4.78 is 0. The first-order valence-corrected chi connectivity index (χ1v) is 9.42. The Bertz CT molecular complexity index is 388. The molecule has 0 N–H and O–H groups in total. The molecule has 2 heteroatoms. The normalized spacial score (nSPS) is 11.2. The molecular formula is C21H32FeS-6. The van der Waals surface area contributed by atoms with Gasteiger partial charge in [0, 0.05) is 17.1 Å². The zero-order chi connectivity index (χ0) is 15.9. The third-order valence-corrected chi connectivity index (χ3v) is 4.52. The van der Waals surface area contributed by atoms with Crippen LogP contribution < -0.4 is 0 Å². The van der Waals surface area contributed by atoms with E-state index in [0.717, 1.165) is 0 Å². The van der Waals surface area contributed by atoms with Gasteiger partial charge in [0.1, 0.15) is 0 Å². The summed E-state index contributed by atoms with van der Waals surface area (Å²) in [6, 6.07) is 18.6. The van der Waals surface area contributed by atoms with Crippen molar-refractivity contribution in [3.05, 3.63) is 60.2 Å². The van der Waals surface area contributed by atoms with Crippen LogP contribution in [0.4, 0.5) is 0 Å². The average molecular weight is 372 g/mol. The van der Waals surface area contributed by atoms with Crippen molar-refractivity contribution in [2.45, 2.75) is 70.0 Å². The van der Waals surface area contributed by atoms with E-state index in [-0.39, 0.29) is 17.1 Å². The Balaban J connectivity index is 0.000000684. The first kappa shape index (κ1) is 22.6. The first-order chi connectivity index (χ1) is 10.8. The minimum Gasteiger partial charge on any atom is -0.748 e. The van der Waals surface area contributed by atoms with Crippen LogP contribution in [0.5, 0.6) is 0 Å². The summed E-state index contributed by atoms with van der Waals surface area (Å²) in [6.45, 7) is 2.27. The van der Waals surface area contributed by atoms with Gasteiger partial charge in [-0.1, -0.05) is 58.3 Å². The molecule has 0 heterocycles. The van der Waals surface area contributed by atoms with Crippen LogP contribution >= 0.6 is 12.6 Å². The SMILES string of the molecule is CCCCCCCCCCC(S)[c-]1cccc1.[Fe].[cH-]1[cH-][cH-][cH-][cH-]1. The third kappa shape index (κ3) is 12.6. The Labute approximate surface area is 159 Å². The fourth-order valence-corrected chi connectivity index (χ4v) is 2.92. The summed E-state index contributed by atoms with van der Waals surface area (Å²) >= 11 is 4.66. The van der Waals surface area contributed by atoms with E-state index in [2.05, 4.69) is 43.8 Å². The summed E-state index contributed by atoms with van der Waals surface area (Å²) in [5.41, 5.74) is 1.39. The third-order valence-electron chi connectivity index (χ3n) is 3.96. The van der Waals surface area contributed by atoms with E-state index in [1.54, 1.807) is 0 Å². The average Bonchev–Trinajstić information content (AvgIpc) is 3.25. The second kappa shape index (κ2) is 16.4. The van der Waals surface area contributed by atoms with Crippen LogP contribution in [0.2, 0.25) is 0 Å². The molecule has 2 aromatic carbocycles. The molecule has 0 fully saturated rings. The molecule has 0 aromatic heterocycles. The van der Waals surface area contributed by atoms with E-state index >= 15 is 0 Å². The van der Waals surface area contributed by atoms with Gasteiger partial charge in [-0.05, 0) is 11.7 Å². The summed E-state index contributed by atoms with van der Waals surface area (Å²) in [5, 5.41) is 0.449. The molecule has 0 bridgehead atoms. The fourth-order valence-electron chi connectivity index (χ4n) is 2.57. The Morgan fingerprint density at radius 2 is 1.22 bits per heavy atom. The van der Waals surface area contributed by atoms with Crippen LogP contribution in [0.25, 0.3) is 0 Å². The number of unbranched alkanes of at least 4 members (excludes halogenated alkanes) is 7. The van der Waals surface area contributed by atoms with Crippen LogP contribution in [0.15, 0.2) is 54.6 Å². The van der Waals surface area contributed by atoms with Crippen LogP contribution in [-0.4, -0.2) is 0 Å². The minimum absolute atomic E-state index is 0. The zero-order valence-corrected chi connectivity index (χ0v) is 16.4. The second-order valence-electron chi connectivity index (χ2n) is 5.96. The molecule has 1 unspecified atom stereocenters. The van der Waals surface area contributed by atoms with Crippen molar-refractivity contribution >= 4 is 12.6 Å². The second-order valence-corrected chi connectivity index (χ2v) is 6.58. The molecule has 136 valence electrons. The van der Waals surface area contributed by atoms with Crippen molar-refractivity contribution in [2.24, 2.45) is 0 Å². The smallest absolute Gasteiger partial charge is 0 e. The van der Waals surface area contributed by atoms with Crippen molar-refractivity contribution in [1.82, 2.24) is 0 Å². The van der Waals surface area contributed by atoms with Gasteiger partial charge >= 0.3 is 0 Å². The summed E-state index contributed by atoms with van der Waals surface area (Å²) in [6.07, 6.45) is 12.4. The largest absolute Gasteiger partial charge is 0.748 e. The molecule has 23 heavy (non-hydrogen) atoms. The molecule has 0 aliphatic carbocycles. The number of hydrogen-bond donors (Lipinski definition) is 1. The summed E-state index contributed by atoms with van der Waals surface area (Å²) in [4.78, 5) is 0. The molecule has 0 nitrogen and oxygen atoms in total. The molecule has 0 saturated heterocycles. The number of hydrogen-bond acceptors (Lipinski definition) is 1. The molecule has 1 atom stereocenters. The standard InChI is InChI=1S/C16H27S.C5H5.Fe/c1-2-3-4-5-6-7-8-9-14-16(17)15-12-10-11-13-15;1-2-4-5-3-1;/h10-13,16-17H,2-9,14H2,1H3;1-5H;/q-1;-5;. The number of rotatable bonds is 10. The Hall–Kier alpha value is -0.431. The van der Waals surface area contributed by atoms with Crippen molar-refractivity contribution in [3.63, 3.8) is 0 Å². The van der Waals surface area contributed by atoms with Gasteiger partial charge in [-0.3, -0.25) is 0 Å². The van der Waals surface area contributed by atoms with Crippen LogP contribution in [0.3, 0.4) is 0 Å². The van der Waals surface area contributed by atoms with Crippen molar-refractivity contribution in [1.29, 1.82) is 0 Å².